The van der Waals surface area contributed by atoms with Gasteiger partial charge in [0, 0.05) is 54.5 Å². The van der Waals surface area contributed by atoms with Gasteiger partial charge in [-0.05, 0) is 153 Å². The maximum Gasteiger partial charge on any atom is 0.573 e. The van der Waals surface area contributed by atoms with Gasteiger partial charge in [0.1, 0.15) is 101 Å². The molecule has 21 N–H and O–H groups in total. The average molecular weight is 1810 g/mol. The molecule has 0 aromatic heterocycles. The van der Waals surface area contributed by atoms with Crippen LogP contribution in [0.4, 0.5) is 23.7 Å². The first-order valence-electron chi connectivity index (χ1n) is 39.8. The van der Waals surface area contributed by atoms with E-state index >= 15 is 24.0 Å². The Morgan fingerprint density at radius 2 is 1.35 bits per heavy atom. The van der Waals surface area contributed by atoms with Crippen molar-refractivity contribution < 1.29 is 145 Å². The number of hydroxylamine groups is 1. The van der Waals surface area contributed by atoms with Crippen molar-refractivity contribution in [3.05, 3.63) is 141 Å². The van der Waals surface area contributed by atoms with E-state index in [-0.39, 0.29) is 79.2 Å². The molecule has 0 saturated carbocycles. The summed E-state index contributed by atoms with van der Waals surface area (Å²) in [6.07, 6.45) is -23.7. The van der Waals surface area contributed by atoms with Crippen molar-refractivity contribution in [1.29, 1.82) is 0 Å². The van der Waals surface area contributed by atoms with Gasteiger partial charge in [-0.3, -0.25) is 43.2 Å². The molecule has 14 rings (SSSR count). The van der Waals surface area contributed by atoms with Crippen LogP contribution in [0, 0.1) is 5.92 Å². The molecule has 8 heterocycles. The minimum Gasteiger partial charge on any atom is -0.508 e. The van der Waals surface area contributed by atoms with Gasteiger partial charge < -0.3 is 142 Å². The molecule has 6 aromatic rings. The number of nitrogens with zero attached hydrogens (tertiary/aromatic N) is 1. The van der Waals surface area contributed by atoms with Crippen molar-refractivity contribution in [2.75, 3.05) is 52.3 Å². The van der Waals surface area contributed by atoms with Crippen molar-refractivity contribution >= 4 is 82.2 Å². The second-order valence-corrected chi connectivity index (χ2v) is 32.3. The van der Waals surface area contributed by atoms with Crippen molar-refractivity contribution in [2.24, 2.45) is 11.7 Å². The lowest BCUT2D eigenvalue weighted by Gasteiger charge is -2.48. The van der Waals surface area contributed by atoms with Crippen molar-refractivity contribution in [2.45, 2.75) is 182 Å². The highest BCUT2D eigenvalue weighted by Crippen LogP contribution is 2.50. The van der Waals surface area contributed by atoms with E-state index in [2.05, 4.69) is 58.1 Å². The Bertz CT molecular complexity index is 5060. The van der Waals surface area contributed by atoms with Gasteiger partial charge in [0.05, 0.1) is 61.1 Å². The minimum atomic E-state index is -4.91. The van der Waals surface area contributed by atoms with Gasteiger partial charge in [-0.1, -0.05) is 55.2 Å². The Morgan fingerprint density at radius 3 is 1.96 bits per heavy atom. The van der Waals surface area contributed by atoms with Gasteiger partial charge in [0.2, 0.25) is 53.4 Å². The third kappa shape index (κ3) is 21.7. The van der Waals surface area contributed by atoms with Gasteiger partial charge >= 0.3 is 12.4 Å². The van der Waals surface area contributed by atoms with E-state index in [1.807, 2.05) is 13.8 Å². The number of amides is 10. The lowest BCUT2D eigenvalue weighted by Crippen LogP contribution is -2.65. The summed E-state index contributed by atoms with van der Waals surface area (Å²) in [6, 6.07) is 3.67. The number of rotatable bonds is 21. The zero-order valence-electron chi connectivity index (χ0n) is 68.1. The summed E-state index contributed by atoms with van der Waals surface area (Å²) in [7, 11) is 2.50. The monoisotopic (exact) mass is 1810 g/mol. The van der Waals surface area contributed by atoms with E-state index in [1.165, 1.54) is 43.1 Å². The number of carbonyl (C=O) groups excluding carboxylic acids is 9. The second-order valence-electron chi connectivity index (χ2n) is 31.4. The van der Waals surface area contributed by atoms with Gasteiger partial charge in [-0.15, -0.1) is 13.2 Å². The smallest absolute Gasteiger partial charge is 0.508 e. The number of phenols is 3. The highest BCUT2D eigenvalue weighted by molar-refractivity contribution is 6.32. The van der Waals surface area contributed by atoms with Crippen LogP contribution in [0.15, 0.2) is 103 Å². The van der Waals surface area contributed by atoms with Crippen LogP contribution in [0.1, 0.15) is 118 Å². The summed E-state index contributed by atoms with van der Waals surface area (Å²) in [5, 5.41) is 129. The maximum absolute atomic E-state index is 16.3. The standard InChI is InChI=1S/C82H95Cl2F3N12O27/c1-34(2)23-48(89-5)72(110)96-63-65(105)37-8-15-52(46(83)25-37)121-54-27-39-28-55(69(54)125-79-70(68(108)67(107)56(33-100)123-79)124-58-32-81(4,71(109)35(3)120-58)90-19-22-119-42-17-20-99(21-18-42)80(117)91-40-10-12-43(13-11-40)126-82(85,86)87)122-53-16-9-38(26-47(53)84)66(106)64-77(115)95-62(78(116)98-118-6)45-29-41(101)30-51(103)59(45)44-24-36(7-14-50(44)102)60(74(112)97-64)94-75(113)61(39)93-73(111)49(31-57(88)104)92-76(63)114/h7-16,24-30,34-35,42,48-49,56,58,60-68,70-71,79,89-90,100-103,105-109H,17-23,31-33H2,1-6H3,(H2,88,104)(H,91,117)(H,92,114)(H,93,111)(H,94,113)(H,95,115)(H,96,110)(H,97,112)(H,98,116)/t35-,48+,49-,56+,58-,60+,61+,62+,63+,64-,65+,66+,67+,68-,70+,71+,79-,81-/m0/s1. The summed E-state index contributed by atoms with van der Waals surface area (Å²) in [4.78, 5) is 139. The number of alkyl halides is 3. The Kier molecular flexibility index (Phi) is 29.7. The number of aliphatic hydroxyl groups is 6. The summed E-state index contributed by atoms with van der Waals surface area (Å²) in [5.74, 6) is -16.0. The number of phenolic OH excluding ortho intramolecular Hbond substituents is 3. The Labute approximate surface area is 726 Å². The predicted octanol–water partition coefficient (Wildman–Crippen LogP) is 2.94. The zero-order chi connectivity index (χ0) is 91.2. The fraction of sp³-hybridized carbons (Fsp3) is 0.451. The van der Waals surface area contributed by atoms with Crippen LogP contribution >= 0.6 is 23.2 Å². The van der Waals surface area contributed by atoms with E-state index in [0.717, 1.165) is 86.0 Å². The van der Waals surface area contributed by atoms with Gasteiger partial charge in [-0.2, -0.15) is 0 Å². The number of fused-ring (bicyclic) bond motifs is 15. The van der Waals surface area contributed by atoms with E-state index in [9.17, 15) is 78.3 Å². The number of halogens is 5. The van der Waals surface area contributed by atoms with Crippen molar-refractivity contribution in [3.63, 3.8) is 0 Å². The van der Waals surface area contributed by atoms with Crippen molar-refractivity contribution in [3.8, 4) is 62.9 Å². The molecule has 39 nitrogen and oxygen atoms in total. The number of hydrogen-bond donors (Lipinski definition) is 20. The number of anilines is 1. The van der Waals surface area contributed by atoms with E-state index in [0.29, 0.717) is 12.8 Å². The number of aromatic hydroxyl groups is 3. The molecule has 10 amide bonds. The molecule has 3 saturated heterocycles. The Balaban J connectivity index is 0.957. The number of primary amides is 1. The van der Waals surface area contributed by atoms with Crippen LogP contribution in [0.3, 0.4) is 0 Å². The topological polar surface area (TPSA) is 568 Å². The number of benzene rings is 6. The largest absolute Gasteiger partial charge is 0.573 e. The SMILES string of the molecule is CN[C@H](CC(C)C)C(=O)N[C@H]1C(=O)N[C@@H](CC(N)=O)C(=O)N[C@H]2C(=O)N[C@H]3C(=O)N[C@H](C(=O)N[C@@H](C(=O)NOC)c4cc(O)cc(O)c4-c4cc3ccc4O)[C@H](O)c3ccc(c(Cl)c3)Oc3cc2cc(c3O[C@@H]2O[C@H](CO)[C@@H](O)[C@H](O)[C@H]2O[C@H]2C[C@](C)(NCCOC3CCN(C(=O)Nc4ccc(OC(F)(F)F)cc4)CC3)[C@H](O)[C@H](C)O2)Oc2ccc(cc2Cl)[C@H]1O. The predicted molar refractivity (Wildman–Crippen MR) is 433 cm³/mol. The lowest BCUT2D eigenvalue weighted by molar-refractivity contribution is -0.334. The fourth-order valence-corrected chi connectivity index (χ4v) is 16.0. The first-order chi connectivity index (χ1) is 59.7. The molecule has 680 valence electrons. The molecule has 44 heteroatoms. The number of piperidine rings is 1. The molecule has 8 aliphatic rings. The number of likely N-dealkylation sites (tertiary alicyclic amines) is 1. The number of hydrogen-bond acceptors (Lipinski definition) is 29. The van der Waals surface area contributed by atoms with Crippen LogP contribution in [0.5, 0.6) is 51.7 Å². The van der Waals surface area contributed by atoms with Gasteiger partial charge in [0.25, 0.3) is 5.91 Å². The molecule has 0 radical (unpaired) electrons. The highest BCUT2D eigenvalue weighted by atomic mass is 35.5. The molecule has 0 unspecified atom stereocenters. The highest BCUT2D eigenvalue weighted by Gasteiger charge is 2.53. The summed E-state index contributed by atoms with van der Waals surface area (Å²) in [6.45, 7) is 6.40. The molecular weight excluding hydrogens is 1710 g/mol. The van der Waals surface area contributed by atoms with E-state index in [1.54, 1.807) is 6.92 Å². The molecule has 11 bridgehead atoms. The van der Waals surface area contributed by atoms with Crippen LogP contribution in [-0.2, 0) is 62.1 Å². The third-order valence-corrected chi connectivity index (χ3v) is 22.6. The number of carbonyl (C=O) groups is 9. The molecule has 0 spiro atoms. The number of nitrogens with one attached hydrogen (secondary N) is 10. The molecule has 3 fully saturated rings. The number of ether oxygens (including phenoxy) is 8. The number of aliphatic hydroxyl groups excluding tert-OH is 6. The maximum atomic E-state index is 16.3. The first-order valence-corrected chi connectivity index (χ1v) is 40.5. The second kappa shape index (κ2) is 39.8. The van der Waals surface area contributed by atoms with E-state index < -0.39 is 260 Å². The van der Waals surface area contributed by atoms with Crippen LogP contribution in [-0.4, -0.2) is 243 Å². The molecule has 0 aliphatic carbocycles. The number of urea groups is 1. The normalized spacial score (nSPS) is 26.9. The van der Waals surface area contributed by atoms with Crippen LogP contribution in [0.2, 0.25) is 10.0 Å². The van der Waals surface area contributed by atoms with Gasteiger partial charge in [0.15, 0.2) is 23.9 Å². The Morgan fingerprint density at radius 1 is 0.722 bits per heavy atom. The zero-order valence-corrected chi connectivity index (χ0v) is 69.7. The van der Waals surface area contributed by atoms with E-state index in [4.69, 9.17) is 66.9 Å². The quantitative estimate of drug-likeness (QED) is 0.0364. The summed E-state index contributed by atoms with van der Waals surface area (Å²) >= 11 is 14.3. The summed E-state index contributed by atoms with van der Waals surface area (Å²) in [5.41, 5.74) is 4.07. The van der Waals surface area contributed by atoms with Crippen LogP contribution < -0.4 is 78.0 Å². The molecule has 18 atom stereocenters. The first kappa shape index (κ1) is 93.9. The molecular formula is C82H95Cl2F3N12O27. The third-order valence-electron chi connectivity index (χ3n) is 22.0. The molecule has 126 heavy (non-hydrogen) atoms. The van der Waals surface area contributed by atoms with Gasteiger partial charge in [-0.25, -0.2) is 10.3 Å². The molecule has 6 aromatic carbocycles. The minimum absolute atomic E-state index is 0.0586. The van der Waals surface area contributed by atoms with Crippen LogP contribution in [0.25, 0.3) is 11.1 Å². The number of nitrogens with two attached hydrogens (primary N) is 1. The summed E-state index contributed by atoms with van der Waals surface area (Å²) < 4.78 is 87.8. The average Bonchev–Trinajstić information content (AvgIpc) is 0.761. The number of likely N-dealkylation sites (N-methyl/N-ethyl adjacent to an activating group) is 1. The fourth-order valence-electron chi connectivity index (χ4n) is 15.5. The van der Waals surface area contributed by atoms with Crippen molar-refractivity contribution in [1.82, 2.24) is 52.9 Å². The Hall–Kier alpha value is -11.2. The lowest BCUT2D eigenvalue weighted by atomic mass is 9.85. The molecule has 8 aliphatic heterocycles.